The first kappa shape index (κ1) is 8.97. The Hall–Kier alpha value is -0.120. The van der Waals surface area contributed by atoms with Crippen molar-refractivity contribution in [3.8, 4) is 0 Å². The summed E-state index contributed by atoms with van der Waals surface area (Å²) >= 11 is 0. The molecule has 0 spiro atoms. The molecule has 11 heavy (non-hydrogen) atoms. The predicted molar refractivity (Wildman–Crippen MR) is 45.5 cm³/mol. The lowest BCUT2D eigenvalue weighted by molar-refractivity contribution is 0.142. The second-order valence-electron chi connectivity index (χ2n) is 3.06. The van der Waals surface area contributed by atoms with E-state index < -0.39 is 0 Å². The van der Waals surface area contributed by atoms with Crippen molar-refractivity contribution < 1.29 is 4.74 Å². The minimum absolute atomic E-state index is 0.616. The van der Waals surface area contributed by atoms with Crippen molar-refractivity contribution in [1.29, 1.82) is 0 Å². The topological polar surface area (TPSA) is 38.5 Å². The highest BCUT2D eigenvalue weighted by Gasteiger charge is 2.21. The average molecular weight is 158 g/mol. The summed E-state index contributed by atoms with van der Waals surface area (Å²) < 4.78 is 5.01. The zero-order valence-corrected chi connectivity index (χ0v) is 7.25. The summed E-state index contributed by atoms with van der Waals surface area (Å²) in [4.78, 5) is 2.42. The van der Waals surface area contributed by atoms with Gasteiger partial charge in [-0.2, -0.15) is 0 Å². The Labute approximate surface area is 68.5 Å². The van der Waals surface area contributed by atoms with Crippen LogP contribution < -0.4 is 5.73 Å². The summed E-state index contributed by atoms with van der Waals surface area (Å²) in [6, 6.07) is 0.616. The smallest absolute Gasteiger partial charge is 0.0589 e. The van der Waals surface area contributed by atoms with Gasteiger partial charge < -0.3 is 10.5 Å². The molecule has 1 fully saturated rings. The summed E-state index contributed by atoms with van der Waals surface area (Å²) in [5.74, 6) is 0. The number of methoxy groups -OCH3 is 1. The first-order chi connectivity index (χ1) is 5.38. The Kier molecular flexibility index (Phi) is 3.83. The van der Waals surface area contributed by atoms with E-state index in [1.165, 1.54) is 19.4 Å². The number of likely N-dealkylation sites (tertiary alicyclic amines) is 1. The van der Waals surface area contributed by atoms with Gasteiger partial charge in [0.1, 0.15) is 0 Å². The van der Waals surface area contributed by atoms with E-state index in [0.29, 0.717) is 6.04 Å². The normalized spacial score (nSPS) is 26.2. The SMILES string of the molecule is COCCN1CCC[C@H]1CN. The second-order valence-corrected chi connectivity index (χ2v) is 3.06. The van der Waals surface area contributed by atoms with E-state index in [4.69, 9.17) is 10.5 Å². The average Bonchev–Trinajstić information content (AvgIpc) is 2.47. The third-order valence-electron chi connectivity index (χ3n) is 2.35. The summed E-state index contributed by atoms with van der Waals surface area (Å²) in [6.07, 6.45) is 2.56. The molecule has 0 amide bonds. The van der Waals surface area contributed by atoms with E-state index in [1.807, 2.05) is 0 Å². The molecule has 1 aliphatic heterocycles. The van der Waals surface area contributed by atoms with E-state index in [1.54, 1.807) is 7.11 Å². The van der Waals surface area contributed by atoms with Crippen molar-refractivity contribution in [3.05, 3.63) is 0 Å². The third kappa shape index (κ3) is 2.43. The molecule has 0 saturated carbocycles. The van der Waals surface area contributed by atoms with E-state index >= 15 is 0 Å². The highest BCUT2D eigenvalue weighted by molar-refractivity contribution is 4.79. The standard InChI is InChI=1S/C8H18N2O/c1-11-6-5-10-4-2-3-8(10)7-9/h8H,2-7,9H2,1H3/t8-/m0/s1. The van der Waals surface area contributed by atoms with Crippen molar-refractivity contribution >= 4 is 0 Å². The first-order valence-corrected chi connectivity index (χ1v) is 4.31. The lowest BCUT2D eigenvalue weighted by Gasteiger charge is -2.22. The quantitative estimate of drug-likeness (QED) is 0.628. The molecule has 1 heterocycles. The van der Waals surface area contributed by atoms with Gasteiger partial charge in [-0.15, -0.1) is 0 Å². The maximum absolute atomic E-state index is 5.61. The molecule has 0 aliphatic carbocycles. The van der Waals surface area contributed by atoms with Crippen LogP contribution in [0.15, 0.2) is 0 Å². The van der Waals surface area contributed by atoms with E-state index in [9.17, 15) is 0 Å². The van der Waals surface area contributed by atoms with Crippen LogP contribution >= 0.6 is 0 Å². The number of ether oxygens (including phenoxy) is 1. The van der Waals surface area contributed by atoms with Crippen LogP contribution in [0.25, 0.3) is 0 Å². The molecular weight excluding hydrogens is 140 g/mol. The molecule has 3 nitrogen and oxygen atoms in total. The van der Waals surface area contributed by atoms with Crippen LogP contribution in [0.4, 0.5) is 0 Å². The molecule has 3 heteroatoms. The maximum Gasteiger partial charge on any atom is 0.0589 e. The molecule has 0 bridgehead atoms. The molecule has 1 atom stereocenters. The highest BCUT2D eigenvalue weighted by atomic mass is 16.5. The van der Waals surface area contributed by atoms with Crippen LogP contribution in [-0.2, 0) is 4.74 Å². The molecule has 0 aromatic rings. The second kappa shape index (κ2) is 4.70. The van der Waals surface area contributed by atoms with Gasteiger partial charge in [0.2, 0.25) is 0 Å². The van der Waals surface area contributed by atoms with Crippen molar-refractivity contribution in [3.63, 3.8) is 0 Å². The van der Waals surface area contributed by atoms with Gasteiger partial charge >= 0.3 is 0 Å². The van der Waals surface area contributed by atoms with Crippen LogP contribution in [0.2, 0.25) is 0 Å². The van der Waals surface area contributed by atoms with Crippen LogP contribution in [0.3, 0.4) is 0 Å². The zero-order valence-electron chi connectivity index (χ0n) is 7.25. The number of nitrogens with two attached hydrogens (primary N) is 1. The van der Waals surface area contributed by atoms with Gasteiger partial charge in [-0.25, -0.2) is 0 Å². The lowest BCUT2D eigenvalue weighted by Crippen LogP contribution is -2.37. The Morgan fingerprint density at radius 2 is 2.45 bits per heavy atom. The minimum atomic E-state index is 0.616. The maximum atomic E-state index is 5.61. The third-order valence-corrected chi connectivity index (χ3v) is 2.35. The van der Waals surface area contributed by atoms with Gasteiger partial charge in [-0.3, -0.25) is 4.90 Å². The zero-order chi connectivity index (χ0) is 8.10. The van der Waals surface area contributed by atoms with Gasteiger partial charge in [0.25, 0.3) is 0 Å². The van der Waals surface area contributed by atoms with Crippen molar-refractivity contribution in [2.75, 3.05) is 33.4 Å². The van der Waals surface area contributed by atoms with E-state index in [-0.39, 0.29) is 0 Å². The van der Waals surface area contributed by atoms with E-state index in [2.05, 4.69) is 4.90 Å². The van der Waals surface area contributed by atoms with Crippen molar-refractivity contribution in [1.82, 2.24) is 4.90 Å². The summed E-state index contributed by atoms with van der Waals surface area (Å²) in [5, 5.41) is 0. The molecule has 1 rings (SSSR count). The van der Waals surface area contributed by atoms with Crippen LogP contribution in [0.5, 0.6) is 0 Å². The molecule has 0 aromatic heterocycles. The fourth-order valence-electron chi connectivity index (χ4n) is 1.66. The Bertz CT molecular complexity index is 108. The molecule has 66 valence electrons. The highest BCUT2D eigenvalue weighted by Crippen LogP contribution is 2.14. The molecular formula is C8H18N2O. The molecule has 0 radical (unpaired) electrons. The molecule has 1 saturated heterocycles. The Morgan fingerprint density at radius 3 is 3.09 bits per heavy atom. The lowest BCUT2D eigenvalue weighted by atomic mass is 10.2. The largest absolute Gasteiger partial charge is 0.383 e. The summed E-state index contributed by atoms with van der Waals surface area (Å²) in [5.41, 5.74) is 5.61. The Balaban J connectivity index is 2.20. The number of hydrogen-bond acceptors (Lipinski definition) is 3. The molecule has 2 N–H and O–H groups in total. The minimum Gasteiger partial charge on any atom is -0.383 e. The number of nitrogens with zero attached hydrogens (tertiary/aromatic N) is 1. The fourth-order valence-corrected chi connectivity index (χ4v) is 1.66. The first-order valence-electron chi connectivity index (χ1n) is 4.31. The number of hydrogen-bond donors (Lipinski definition) is 1. The predicted octanol–water partition coefficient (Wildman–Crippen LogP) is 0.0559. The molecule has 0 aromatic carbocycles. The van der Waals surface area contributed by atoms with Crippen LogP contribution in [-0.4, -0.2) is 44.3 Å². The van der Waals surface area contributed by atoms with Crippen LogP contribution in [0, 0.1) is 0 Å². The Morgan fingerprint density at radius 1 is 1.64 bits per heavy atom. The molecule has 0 unspecified atom stereocenters. The van der Waals surface area contributed by atoms with Gasteiger partial charge in [0.15, 0.2) is 0 Å². The monoisotopic (exact) mass is 158 g/mol. The number of rotatable bonds is 4. The fraction of sp³-hybridized carbons (Fsp3) is 1.00. The summed E-state index contributed by atoms with van der Waals surface area (Å²) in [6.45, 7) is 3.86. The molecule has 1 aliphatic rings. The summed E-state index contributed by atoms with van der Waals surface area (Å²) in [7, 11) is 1.74. The van der Waals surface area contributed by atoms with Gasteiger partial charge in [0.05, 0.1) is 6.61 Å². The van der Waals surface area contributed by atoms with Crippen molar-refractivity contribution in [2.24, 2.45) is 5.73 Å². The van der Waals surface area contributed by atoms with E-state index in [0.717, 1.165) is 19.7 Å². The van der Waals surface area contributed by atoms with Crippen LogP contribution in [0.1, 0.15) is 12.8 Å². The van der Waals surface area contributed by atoms with Gasteiger partial charge in [0, 0.05) is 26.2 Å². The van der Waals surface area contributed by atoms with Gasteiger partial charge in [-0.1, -0.05) is 0 Å². The van der Waals surface area contributed by atoms with Gasteiger partial charge in [-0.05, 0) is 19.4 Å². The van der Waals surface area contributed by atoms with Crippen molar-refractivity contribution in [2.45, 2.75) is 18.9 Å².